The van der Waals surface area contributed by atoms with Gasteiger partial charge in [-0.2, -0.15) is 0 Å². The molecule has 5 aromatic carbocycles. The van der Waals surface area contributed by atoms with Gasteiger partial charge in [-0.1, -0.05) is 35.4 Å². The Bertz CT molecular complexity index is 3200. The summed E-state index contributed by atoms with van der Waals surface area (Å²) < 4.78 is 54.5. The van der Waals surface area contributed by atoms with Crippen LogP contribution in [0.2, 0.25) is 0 Å². The largest absolute Gasteiger partial charge is 0.412 e. The van der Waals surface area contributed by atoms with Crippen molar-refractivity contribution < 1.29 is 121 Å². The molecule has 6 aliphatic heterocycles. The van der Waals surface area contributed by atoms with Crippen molar-refractivity contribution in [3.05, 3.63) is 154 Å². The summed E-state index contributed by atoms with van der Waals surface area (Å²) in [5.41, 5.74) is 12.2. The van der Waals surface area contributed by atoms with Crippen LogP contribution in [0.25, 0.3) is 0 Å². The molecular formula is C68H93I9O24. The van der Waals surface area contributed by atoms with E-state index in [1.54, 1.807) is 34.6 Å². The minimum atomic E-state index is -1.46. The highest BCUT2D eigenvalue weighted by molar-refractivity contribution is 14.1. The van der Waals surface area contributed by atoms with E-state index in [9.17, 15) is 56.2 Å². The summed E-state index contributed by atoms with van der Waals surface area (Å²) in [5, 5.41) is 120. The third-order valence-corrected chi connectivity index (χ3v) is 24.9. The second kappa shape index (κ2) is 42.0. The van der Waals surface area contributed by atoms with E-state index in [1.165, 1.54) is 14.7 Å². The van der Waals surface area contributed by atoms with Crippen LogP contribution in [0.1, 0.15) is 95.8 Å². The van der Waals surface area contributed by atoms with Gasteiger partial charge in [0, 0.05) is 63.4 Å². The molecule has 0 aliphatic carbocycles. The van der Waals surface area contributed by atoms with Crippen LogP contribution in [0.3, 0.4) is 0 Å². The van der Waals surface area contributed by atoms with Gasteiger partial charge in [-0.25, -0.2) is 0 Å². The van der Waals surface area contributed by atoms with E-state index in [1.807, 2.05) is 46.8 Å². The van der Waals surface area contributed by atoms with Crippen LogP contribution in [0.5, 0.6) is 0 Å². The average Bonchev–Trinajstić information content (AvgIpc) is 1.63. The van der Waals surface area contributed by atoms with E-state index in [0.717, 1.165) is 78.6 Å². The van der Waals surface area contributed by atoms with E-state index in [-0.39, 0.29) is 34.9 Å². The molecule has 33 heteroatoms. The SMILES string of the molecule is CC1(C)OC2OC(C(O)Cc3c(I)cc(I)cc3I)C(O)C2O1.Cc1cc(C)c(CC(O)C2OC(C)C(O)C2O)c(C)c1.Cc1cc(C)c(CC(O)C2OC3OC(C)(C)OC3C2O)c(C)c1.O.O.O.O.OC(Cc1c(I)cc(I)cc1I)C1OC(O)C(O)C1O.OCc1c(I)cc(I)cc1I. The molecule has 20 atom stereocenters. The van der Waals surface area contributed by atoms with Crippen LogP contribution < -0.4 is 0 Å². The van der Waals surface area contributed by atoms with Crippen molar-refractivity contribution >= 4 is 203 Å². The number of fused-ring (bicyclic) bond motifs is 2. The molecule has 572 valence electrons. The molecule has 0 bridgehead atoms. The number of aliphatic hydroxyl groups is 12. The van der Waals surface area contributed by atoms with Crippen molar-refractivity contribution in [2.24, 2.45) is 0 Å². The zero-order chi connectivity index (χ0) is 72.4. The molecule has 0 saturated carbocycles. The molecule has 5 aromatic rings. The van der Waals surface area contributed by atoms with Crippen molar-refractivity contribution in [3.8, 4) is 0 Å². The van der Waals surface area contributed by atoms with Gasteiger partial charge >= 0.3 is 0 Å². The predicted octanol–water partition coefficient (Wildman–Crippen LogP) is 5.95. The molecule has 20 N–H and O–H groups in total. The normalized spacial score (nSPS) is 29.0. The third-order valence-electron chi connectivity index (χ3n) is 17.2. The maximum absolute atomic E-state index is 10.6. The molecular weight excluding hydrogens is 2340 g/mol. The Morgan fingerprint density at radius 3 is 0.881 bits per heavy atom. The van der Waals surface area contributed by atoms with Gasteiger partial charge in [-0.3, -0.25) is 0 Å². The fraction of sp³-hybridized carbons (Fsp3) is 0.559. The molecule has 6 fully saturated rings. The van der Waals surface area contributed by atoms with E-state index in [2.05, 4.69) is 259 Å². The number of aryl methyl sites for hydroxylation is 6. The van der Waals surface area contributed by atoms with Gasteiger partial charge in [0.25, 0.3) is 0 Å². The standard InChI is InChI=1S/C18H26O5.C16H24O4.C15H17I3O5.C12H13I3O5.C7H5I3O.4H2O/c1-9-6-10(2)12(11(3)7-9)8-13(19)15-14(20)16-17(21-15)23-18(4,5)22-16;1-8-5-9(2)12(10(3)6-8)7-13(17)16-15(19)14(18)11(4)20-16;1-15(2)22-13-11(20)12(21-14(13)23-15)10(19)5-7-8(17)3-6(16)4-9(7)18;13-4-1-6(14)5(7(15)2-4)3-8(16)11-9(17)10(18)12(19)20-11;8-4-1-6(9)5(3-11)7(10)2-4;;;;/h6-7,13-17,19-20H,8H2,1-5H3;5-6,11,13-19H,7H2,1-4H3;3-4,10-14,19-20H,5H2,1-2H3;1-2,8-12,16-19H,3H2;1-2,11H,3H2;4*1H2. The molecule has 6 aliphatic rings. The number of benzene rings is 5. The number of aliphatic hydroxyl groups excluding tert-OH is 12. The summed E-state index contributed by atoms with van der Waals surface area (Å²) in [5.74, 6) is -1.54. The van der Waals surface area contributed by atoms with Crippen molar-refractivity contribution in [1.29, 1.82) is 0 Å². The van der Waals surface area contributed by atoms with E-state index in [4.69, 9.17) is 43.0 Å². The first-order valence-corrected chi connectivity index (χ1v) is 40.8. The maximum atomic E-state index is 10.6. The lowest BCUT2D eigenvalue weighted by Gasteiger charge is -2.26. The second-order valence-corrected chi connectivity index (χ2v) is 36.6. The maximum Gasteiger partial charge on any atom is 0.190 e. The van der Waals surface area contributed by atoms with Gasteiger partial charge in [-0.05, 0) is 360 Å². The minimum absolute atomic E-state index is 0. The predicted molar refractivity (Wildman–Crippen MR) is 453 cm³/mol. The zero-order valence-corrected chi connectivity index (χ0v) is 76.3. The Kier molecular flexibility index (Phi) is 40.3. The Morgan fingerprint density at radius 1 is 0.356 bits per heavy atom. The highest BCUT2D eigenvalue weighted by atomic mass is 127. The lowest BCUT2D eigenvalue weighted by Crippen LogP contribution is -2.41. The molecule has 0 radical (unpaired) electrons. The zero-order valence-electron chi connectivity index (χ0n) is 56.9. The fourth-order valence-corrected chi connectivity index (χ4v) is 24.5. The molecule has 20 unspecified atom stereocenters. The highest BCUT2D eigenvalue weighted by Crippen LogP contribution is 2.41. The average molecular weight is 2440 g/mol. The number of hydrogen-bond donors (Lipinski definition) is 12. The van der Waals surface area contributed by atoms with E-state index < -0.39 is 134 Å². The fourth-order valence-electron chi connectivity index (χ4n) is 12.5. The van der Waals surface area contributed by atoms with Gasteiger partial charge in [0.1, 0.15) is 73.2 Å². The van der Waals surface area contributed by atoms with Crippen LogP contribution in [0, 0.1) is 73.7 Å². The summed E-state index contributed by atoms with van der Waals surface area (Å²) in [7, 11) is 0. The molecule has 101 heavy (non-hydrogen) atoms. The second-order valence-electron chi connectivity index (χ2n) is 25.9. The van der Waals surface area contributed by atoms with E-state index in [0.29, 0.717) is 19.3 Å². The first-order chi connectivity index (χ1) is 45.1. The van der Waals surface area contributed by atoms with Crippen LogP contribution in [0.15, 0.2) is 60.7 Å². The highest BCUT2D eigenvalue weighted by Gasteiger charge is 2.57. The Morgan fingerprint density at radius 2 is 0.624 bits per heavy atom. The quantitative estimate of drug-likeness (QED) is 0.0605. The number of hydrogen-bond acceptors (Lipinski definition) is 20. The molecule has 6 heterocycles. The van der Waals surface area contributed by atoms with Gasteiger partial charge in [0.15, 0.2) is 30.4 Å². The lowest BCUT2D eigenvalue weighted by atomic mass is 9.92. The Labute approximate surface area is 711 Å². The smallest absolute Gasteiger partial charge is 0.190 e. The summed E-state index contributed by atoms with van der Waals surface area (Å²) in [4.78, 5) is 0. The van der Waals surface area contributed by atoms with Crippen molar-refractivity contribution in [1.82, 2.24) is 0 Å². The lowest BCUT2D eigenvalue weighted by molar-refractivity contribution is -0.225. The molecule has 0 amide bonds. The monoisotopic (exact) mass is 2440 g/mol. The molecule has 0 aromatic heterocycles. The number of ether oxygens (including phenoxy) is 8. The van der Waals surface area contributed by atoms with E-state index >= 15 is 0 Å². The first kappa shape index (κ1) is 96.9. The molecule has 24 nitrogen and oxygen atoms in total. The van der Waals surface area contributed by atoms with Gasteiger partial charge in [0.05, 0.1) is 37.1 Å². The Balaban J connectivity index is 0.000000330. The first-order valence-electron chi connectivity index (χ1n) is 31.1. The molecule has 11 rings (SSSR count). The van der Waals surface area contributed by atoms with Crippen LogP contribution in [-0.4, -0.2) is 217 Å². The Hall–Kier alpha value is 1.71. The molecule has 6 saturated heterocycles. The molecule has 0 spiro atoms. The van der Waals surface area contributed by atoms with Crippen LogP contribution in [-0.2, 0) is 70.2 Å². The minimum Gasteiger partial charge on any atom is -0.412 e. The number of rotatable bonds is 13. The summed E-state index contributed by atoms with van der Waals surface area (Å²) in [6, 6.07) is 20.6. The van der Waals surface area contributed by atoms with Gasteiger partial charge < -0.3 is 121 Å². The van der Waals surface area contributed by atoms with Crippen LogP contribution >= 0.6 is 203 Å². The van der Waals surface area contributed by atoms with Crippen molar-refractivity contribution in [2.75, 3.05) is 0 Å². The summed E-state index contributed by atoms with van der Waals surface area (Å²) >= 11 is 20.2. The third kappa shape index (κ3) is 25.4. The summed E-state index contributed by atoms with van der Waals surface area (Å²) in [6.45, 7) is 21.2. The van der Waals surface area contributed by atoms with Gasteiger partial charge in [0.2, 0.25) is 0 Å². The van der Waals surface area contributed by atoms with Crippen LogP contribution in [0.4, 0.5) is 0 Å². The number of halogens is 9. The summed E-state index contributed by atoms with van der Waals surface area (Å²) in [6.07, 6.45) is -15.8. The van der Waals surface area contributed by atoms with Gasteiger partial charge in [-0.15, -0.1) is 0 Å². The van der Waals surface area contributed by atoms with Crippen molar-refractivity contribution in [3.63, 3.8) is 0 Å². The topological polar surface area (TPSA) is 443 Å². The van der Waals surface area contributed by atoms with Crippen molar-refractivity contribution in [2.45, 2.75) is 243 Å².